The molecular weight excluding hydrogens is 286 g/mol. The fourth-order valence-corrected chi connectivity index (χ4v) is 1.89. The minimum Gasteiger partial charge on any atom is -0.483 e. The maximum Gasteiger partial charge on any atom is 0.263 e. The van der Waals surface area contributed by atoms with Gasteiger partial charge in [0.05, 0.1) is 5.56 Å². The number of ether oxygens (including phenoxy) is 1. The number of nitrogens with two attached hydrogens (primary N) is 1. The molecule has 1 aromatic heterocycles. The van der Waals surface area contributed by atoms with Crippen LogP contribution in [0.15, 0.2) is 42.6 Å². The summed E-state index contributed by atoms with van der Waals surface area (Å²) in [4.78, 5) is 16.1. The SMILES string of the molecule is Cc1ccnc(NC(=O)COc2ccccc2C(N)=S)c1. The molecule has 0 spiro atoms. The van der Waals surface area contributed by atoms with Gasteiger partial charge in [0.15, 0.2) is 6.61 Å². The number of pyridine rings is 1. The van der Waals surface area contributed by atoms with Gasteiger partial charge in [-0.15, -0.1) is 0 Å². The van der Waals surface area contributed by atoms with Crippen molar-refractivity contribution < 1.29 is 9.53 Å². The summed E-state index contributed by atoms with van der Waals surface area (Å²) in [6.45, 7) is 1.78. The van der Waals surface area contributed by atoms with Gasteiger partial charge in [0.25, 0.3) is 5.91 Å². The van der Waals surface area contributed by atoms with Crippen LogP contribution in [0.2, 0.25) is 0 Å². The fourth-order valence-electron chi connectivity index (χ4n) is 1.72. The lowest BCUT2D eigenvalue weighted by Crippen LogP contribution is -2.22. The lowest BCUT2D eigenvalue weighted by atomic mass is 10.2. The molecule has 0 saturated carbocycles. The summed E-state index contributed by atoms with van der Waals surface area (Å²) >= 11 is 4.94. The zero-order valence-corrected chi connectivity index (χ0v) is 12.3. The van der Waals surface area contributed by atoms with Crippen LogP contribution < -0.4 is 15.8 Å². The quantitative estimate of drug-likeness (QED) is 0.826. The molecule has 21 heavy (non-hydrogen) atoms. The van der Waals surface area contributed by atoms with Crippen molar-refractivity contribution in [2.24, 2.45) is 5.73 Å². The molecule has 2 rings (SSSR count). The Morgan fingerprint density at radius 3 is 2.86 bits per heavy atom. The molecule has 0 aliphatic carbocycles. The minimum atomic E-state index is -0.300. The summed E-state index contributed by atoms with van der Waals surface area (Å²) in [6, 6.07) is 10.7. The molecule has 1 amide bonds. The predicted octanol–water partition coefficient (Wildman–Crippen LogP) is 2.04. The monoisotopic (exact) mass is 301 g/mol. The van der Waals surface area contributed by atoms with Gasteiger partial charge in [-0.2, -0.15) is 0 Å². The molecule has 2 aromatic rings. The molecule has 0 unspecified atom stereocenters. The summed E-state index contributed by atoms with van der Waals surface area (Å²) in [6.07, 6.45) is 1.63. The maximum atomic E-state index is 11.8. The van der Waals surface area contributed by atoms with Gasteiger partial charge in [0.1, 0.15) is 16.6 Å². The Hall–Kier alpha value is -2.47. The van der Waals surface area contributed by atoms with Gasteiger partial charge in [0, 0.05) is 6.20 Å². The van der Waals surface area contributed by atoms with Crippen LogP contribution in [0.5, 0.6) is 5.75 Å². The van der Waals surface area contributed by atoms with Crippen LogP contribution in [-0.4, -0.2) is 22.5 Å². The second-order valence-electron chi connectivity index (χ2n) is 4.42. The summed E-state index contributed by atoms with van der Waals surface area (Å²) < 4.78 is 5.46. The van der Waals surface area contributed by atoms with Crippen molar-refractivity contribution in [1.29, 1.82) is 0 Å². The van der Waals surface area contributed by atoms with Crippen LogP contribution in [0.25, 0.3) is 0 Å². The van der Waals surface area contributed by atoms with Crippen molar-refractivity contribution in [1.82, 2.24) is 4.98 Å². The highest BCUT2D eigenvalue weighted by molar-refractivity contribution is 7.80. The number of aryl methyl sites for hydroxylation is 1. The molecule has 0 saturated heterocycles. The van der Waals surface area contributed by atoms with E-state index < -0.39 is 0 Å². The number of hydrogen-bond acceptors (Lipinski definition) is 4. The number of rotatable bonds is 5. The fraction of sp³-hybridized carbons (Fsp3) is 0.133. The van der Waals surface area contributed by atoms with Crippen molar-refractivity contribution in [2.75, 3.05) is 11.9 Å². The first-order valence-corrected chi connectivity index (χ1v) is 6.71. The average Bonchev–Trinajstić information content (AvgIpc) is 2.45. The second kappa shape index (κ2) is 6.81. The maximum absolute atomic E-state index is 11.8. The van der Waals surface area contributed by atoms with E-state index in [1.54, 1.807) is 36.5 Å². The molecule has 1 heterocycles. The van der Waals surface area contributed by atoms with Crippen molar-refractivity contribution in [3.63, 3.8) is 0 Å². The molecular formula is C15H15N3O2S. The van der Waals surface area contributed by atoms with Gasteiger partial charge in [-0.25, -0.2) is 4.98 Å². The first-order valence-electron chi connectivity index (χ1n) is 6.30. The molecule has 108 valence electrons. The Morgan fingerprint density at radius 2 is 2.14 bits per heavy atom. The number of aromatic nitrogens is 1. The summed E-state index contributed by atoms with van der Waals surface area (Å²) in [5.41, 5.74) is 7.22. The lowest BCUT2D eigenvalue weighted by Gasteiger charge is -2.10. The van der Waals surface area contributed by atoms with Crippen LogP contribution in [0.4, 0.5) is 5.82 Å². The highest BCUT2D eigenvalue weighted by Crippen LogP contribution is 2.17. The van der Waals surface area contributed by atoms with E-state index in [0.717, 1.165) is 5.56 Å². The molecule has 6 heteroatoms. The van der Waals surface area contributed by atoms with Crippen LogP contribution >= 0.6 is 12.2 Å². The van der Waals surface area contributed by atoms with E-state index in [-0.39, 0.29) is 17.5 Å². The van der Waals surface area contributed by atoms with Crippen LogP contribution in [0.1, 0.15) is 11.1 Å². The van der Waals surface area contributed by atoms with Crippen molar-refractivity contribution >= 4 is 28.9 Å². The normalized spacial score (nSPS) is 9.95. The number of carbonyl (C=O) groups excluding carboxylic acids is 1. The van der Waals surface area contributed by atoms with Gasteiger partial charge >= 0.3 is 0 Å². The smallest absolute Gasteiger partial charge is 0.263 e. The first-order chi connectivity index (χ1) is 10.1. The molecule has 3 N–H and O–H groups in total. The number of amides is 1. The molecule has 0 aliphatic rings. The number of para-hydroxylation sites is 1. The molecule has 0 atom stereocenters. The van der Waals surface area contributed by atoms with E-state index in [9.17, 15) is 4.79 Å². The molecule has 1 aromatic carbocycles. The van der Waals surface area contributed by atoms with E-state index in [1.807, 2.05) is 13.0 Å². The highest BCUT2D eigenvalue weighted by Gasteiger charge is 2.09. The van der Waals surface area contributed by atoms with Crippen LogP contribution in [-0.2, 0) is 4.79 Å². The Morgan fingerprint density at radius 1 is 1.38 bits per heavy atom. The summed E-state index contributed by atoms with van der Waals surface area (Å²) in [5, 5.41) is 2.66. The van der Waals surface area contributed by atoms with Gasteiger partial charge in [0.2, 0.25) is 0 Å². The Labute approximate surface area is 128 Å². The second-order valence-corrected chi connectivity index (χ2v) is 4.86. The summed E-state index contributed by atoms with van der Waals surface area (Å²) in [5.74, 6) is 0.675. The lowest BCUT2D eigenvalue weighted by molar-refractivity contribution is -0.118. The predicted molar refractivity (Wildman–Crippen MR) is 85.4 cm³/mol. The third-order valence-electron chi connectivity index (χ3n) is 2.69. The number of nitrogens with zero attached hydrogens (tertiary/aromatic N) is 1. The third kappa shape index (κ3) is 4.25. The Bertz CT molecular complexity index is 673. The van der Waals surface area contributed by atoms with E-state index in [4.69, 9.17) is 22.7 Å². The summed E-state index contributed by atoms with van der Waals surface area (Å²) in [7, 11) is 0. The Kier molecular flexibility index (Phi) is 4.84. The zero-order valence-electron chi connectivity index (χ0n) is 11.5. The number of hydrogen-bond donors (Lipinski definition) is 2. The molecule has 0 aliphatic heterocycles. The van der Waals surface area contributed by atoms with Gasteiger partial charge in [-0.05, 0) is 36.8 Å². The third-order valence-corrected chi connectivity index (χ3v) is 2.91. The Balaban J connectivity index is 1.97. The number of benzene rings is 1. The van der Waals surface area contributed by atoms with Crippen molar-refractivity contribution in [2.45, 2.75) is 6.92 Å². The molecule has 0 radical (unpaired) electrons. The number of anilines is 1. The van der Waals surface area contributed by atoms with E-state index in [0.29, 0.717) is 17.1 Å². The number of nitrogens with one attached hydrogen (secondary N) is 1. The number of thiocarbonyl (C=S) groups is 1. The number of carbonyl (C=O) groups is 1. The highest BCUT2D eigenvalue weighted by atomic mass is 32.1. The first kappa shape index (κ1) is 14.9. The average molecular weight is 301 g/mol. The largest absolute Gasteiger partial charge is 0.483 e. The molecule has 0 bridgehead atoms. The minimum absolute atomic E-state index is 0.144. The molecule has 5 nitrogen and oxygen atoms in total. The van der Waals surface area contributed by atoms with E-state index in [2.05, 4.69) is 10.3 Å². The van der Waals surface area contributed by atoms with Crippen LogP contribution in [0, 0.1) is 6.92 Å². The van der Waals surface area contributed by atoms with Gasteiger partial charge in [-0.1, -0.05) is 24.4 Å². The molecule has 0 fully saturated rings. The van der Waals surface area contributed by atoms with Gasteiger partial charge in [-0.3, -0.25) is 4.79 Å². The van der Waals surface area contributed by atoms with Crippen LogP contribution in [0.3, 0.4) is 0 Å². The standard InChI is InChI=1S/C15H15N3O2S/c1-10-6-7-17-13(8-10)18-14(19)9-20-12-5-3-2-4-11(12)15(16)21/h2-8H,9H2,1H3,(H2,16,21)(H,17,18,19). The van der Waals surface area contributed by atoms with E-state index >= 15 is 0 Å². The van der Waals surface area contributed by atoms with Gasteiger partial charge < -0.3 is 15.8 Å². The van der Waals surface area contributed by atoms with Crippen molar-refractivity contribution in [3.8, 4) is 5.75 Å². The topological polar surface area (TPSA) is 77.2 Å². The van der Waals surface area contributed by atoms with Crippen molar-refractivity contribution in [3.05, 3.63) is 53.7 Å². The zero-order chi connectivity index (χ0) is 15.2. The van der Waals surface area contributed by atoms with E-state index in [1.165, 1.54) is 0 Å².